The topological polar surface area (TPSA) is 57.4 Å². The van der Waals surface area contributed by atoms with E-state index in [1.54, 1.807) is 12.1 Å². The summed E-state index contributed by atoms with van der Waals surface area (Å²) in [4.78, 5) is 4.27. The second-order valence-electron chi connectivity index (χ2n) is 5.97. The molecular weight excluding hydrogens is 216 g/mol. The number of pyridine rings is 1. The highest BCUT2D eigenvalue weighted by atomic mass is 16.5. The molecule has 4 heteroatoms. The summed E-state index contributed by atoms with van der Waals surface area (Å²) in [5.41, 5.74) is 5.71. The molecule has 96 valence electrons. The van der Waals surface area contributed by atoms with E-state index in [0.29, 0.717) is 17.4 Å². The van der Waals surface area contributed by atoms with Crippen molar-refractivity contribution >= 4 is 5.69 Å². The van der Waals surface area contributed by atoms with Crippen LogP contribution in [0.5, 0.6) is 11.8 Å². The molecule has 0 atom stereocenters. The largest absolute Gasteiger partial charge is 0.472 e. The molecule has 0 aliphatic heterocycles. The minimum atomic E-state index is -0.332. The SMILES string of the molecule is CC(C)(C)Oc1ccc(N)c(OC(C)(C)C)n1. The predicted octanol–water partition coefficient (Wildman–Crippen LogP) is 3.02. The van der Waals surface area contributed by atoms with Crippen molar-refractivity contribution in [2.45, 2.75) is 52.7 Å². The van der Waals surface area contributed by atoms with Crippen molar-refractivity contribution < 1.29 is 9.47 Å². The Bertz CT molecular complexity index is 389. The average Bonchev–Trinajstić information content (AvgIpc) is 2.05. The molecule has 0 bridgehead atoms. The third-order valence-corrected chi connectivity index (χ3v) is 1.68. The van der Waals surface area contributed by atoms with E-state index in [1.807, 2.05) is 41.5 Å². The van der Waals surface area contributed by atoms with E-state index >= 15 is 0 Å². The summed E-state index contributed by atoms with van der Waals surface area (Å²) in [5, 5.41) is 0. The van der Waals surface area contributed by atoms with Crippen LogP contribution < -0.4 is 15.2 Å². The lowest BCUT2D eigenvalue weighted by Gasteiger charge is -2.24. The maximum atomic E-state index is 5.82. The fourth-order valence-corrected chi connectivity index (χ4v) is 1.18. The first kappa shape index (κ1) is 13.6. The maximum absolute atomic E-state index is 5.82. The number of nitrogens with two attached hydrogens (primary N) is 1. The molecule has 0 aliphatic rings. The molecule has 4 nitrogen and oxygen atoms in total. The lowest BCUT2D eigenvalue weighted by atomic mass is 10.2. The van der Waals surface area contributed by atoms with Gasteiger partial charge in [0.2, 0.25) is 11.8 Å². The monoisotopic (exact) mass is 238 g/mol. The van der Waals surface area contributed by atoms with Gasteiger partial charge in [-0.15, -0.1) is 0 Å². The molecule has 0 saturated heterocycles. The summed E-state index contributed by atoms with van der Waals surface area (Å²) in [7, 11) is 0. The lowest BCUT2D eigenvalue weighted by Crippen LogP contribution is -2.26. The zero-order chi connectivity index (χ0) is 13.3. The molecule has 0 saturated carbocycles. The van der Waals surface area contributed by atoms with Gasteiger partial charge in [-0.3, -0.25) is 0 Å². The highest BCUT2D eigenvalue weighted by Gasteiger charge is 2.18. The molecule has 2 N–H and O–H groups in total. The van der Waals surface area contributed by atoms with Crippen LogP contribution >= 0.6 is 0 Å². The fourth-order valence-electron chi connectivity index (χ4n) is 1.18. The van der Waals surface area contributed by atoms with Crippen LogP contribution in [-0.2, 0) is 0 Å². The van der Waals surface area contributed by atoms with Gasteiger partial charge in [-0.05, 0) is 47.6 Å². The third-order valence-electron chi connectivity index (χ3n) is 1.68. The van der Waals surface area contributed by atoms with Gasteiger partial charge in [0.05, 0.1) is 5.69 Å². The van der Waals surface area contributed by atoms with E-state index in [0.717, 1.165) is 0 Å². The van der Waals surface area contributed by atoms with Crippen molar-refractivity contribution in [1.82, 2.24) is 4.98 Å². The number of nitrogen functional groups attached to an aromatic ring is 1. The van der Waals surface area contributed by atoms with E-state index in [1.165, 1.54) is 0 Å². The van der Waals surface area contributed by atoms with Crippen molar-refractivity contribution in [2.24, 2.45) is 0 Å². The van der Waals surface area contributed by atoms with Gasteiger partial charge in [-0.25, -0.2) is 0 Å². The van der Waals surface area contributed by atoms with Crippen LogP contribution in [0.1, 0.15) is 41.5 Å². The molecule has 17 heavy (non-hydrogen) atoms. The van der Waals surface area contributed by atoms with Crippen molar-refractivity contribution in [1.29, 1.82) is 0 Å². The Morgan fingerprint density at radius 2 is 1.47 bits per heavy atom. The molecule has 1 aromatic rings. The minimum absolute atomic E-state index is 0.290. The number of rotatable bonds is 2. The normalized spacial score (nSPS) is 12.4. The zero-order valence-electron chi connectivity index (χ0n) is 11.5. The first-order valence-electron chi connectivity index (χ1n) is 5.71. The highest BCUT2D eigenvalue weighted by molar-refractivity contribution is 5.49. The van der Waals surface area contributed by atoms with Gasteiger partial charge >= 0.3 is 0 Å². The van der Waals surface area contributed by atoms with Crippen LogP contribution in [0.3, 0.4) is 0 Å². The zero-order valence-corrected chi connectivity index (χ0v) is 11.5. The van der Waals surface area contributed by atoms with E-state index in [9.17, 15) is 0 Å². The summed E-state index contributed by atoms with van der Waals surface area (Å²) < 4.78 is 11.3. The van der Waals surface area contributed by atoms with Crippen molar-refractivity contribution in [2.75, 3.05) is 5.73 Å². The predicted molar refractivity (Wildman–Crippen MR) is 69.4 cm³/mol. The smallest absolute Gasteiger partial charge is 0.241 e. The molecule has 0 spiro atoms. The van der Waals surface area contributed by atoms with Gasteiger partial charge in [0, 0.05) is 6.07 Å². The average molecular weight is 238 g/mol. The Balaban J connectivity index is 2.95. The number of ether oxygens (including phenoxy) is 2. The van der Waals surface area contributed by atoms with Crippen molar-refractivity contribution in [3.8, 4) is 11.8 Å². The van der Waals surface area contributed by atoms with Crippen LogP contribution in [0, 0.1) is 0 Å². The Morgan fingerprint density at radius 1 is 0.941 bits per heavy atom. The summed E-state index contributed by atoms with van der Waals surface area (Å²) in [6, 6.07) is 3.49. The quantitative estimate of drug-likeness (QED) is 0.860. The summed E-state index contributed by atoms with van der Waals surface area (Å²) >= 11 is 0. The van der Waals surface area contributed by atoms with E-state index in [-0.39, 0.29) is 11.2 Å². The third kappa shape index (κ3) is 4.93. The first-order valence-corrected chi connectivity index (χ1v) is 5.71. The number of nitrogens with zero attached hydrogens (tertiary/aromatic N) is 1. The van der Waals surface area contributed by atoms with Crippen molar-refractivity contribution in [3.63, 3.8) is 0 Å². The Labute approximate surface area is 103 Å². The van der Waals surface area contributed by atoms with Crippen LogP contribution in [0.2, 0.25) is 0 Å². The molecule has 1 heterocycles. The molecule has 1 aromatic heterocycles. The molecule has 0 fully saturated rings. The fraction of sp³-hybridized carbons (Fsp3) is 0.615. The Morgan fingerprint density at radius 3 is 1.94 bits per heavy atom. The Hall–Kier alpha value is -1.45. The van der Waals surface area contributed by atoms with E-state index < -0.39 is 0 Å². The molecular formula is C13H22N2O2. The number of aromatic nitrogens is 1. The standard InChI is InChI=1S/C13H22N2O2/c1-12(2,3)16-10-8-7-9(14)11(15-10)17-13(4,5)6/h7-8H,14H2,1-6H3. The molecule has 1 rings (SSSR count). The minimum Gasteiger partial charge on any atom is -0.472 e. The maximum Gasteiger partial charge on any atom is 0.241 e. The van der Waals surface area contributed by atoms with Gasteiger partial charge in [-0.1, -0.05) is 0 Å². The number of hydrogen-bond acceptors (Lipinski definition) is 4. The van der Waals surface area contributed by atoms with Gasteiger partial charge in [0.25, 0.3) is 0 Å². The number of anilines is 1. The van der Waals surface area contributed by atoms with Gasteiger partial charge in [-0.2, -0.15) is 4.98 Å². The molecule has 0 amide bonds. The molecule has 0 radical (unpaired) electrons. The van der Waals surface area contributed by atoms with Crippen LogP contribution in [0.4, 0.5) is 5.69 Å². The Kier molecular flexibility index (Phi) is 3.55. The van der Waals surface area contributed by atoms with E-state index in [2.05, 4.69) is 4.98 Å². The van der Waals surface area contributed by atoms with Crippen LogP contribution in [0.25, 0.3) is 0 Å². The second kappa shape index (κ2) is 4.43. The summed E-state index contributed by atoms with van der Waals surface area (Å²) in [6.07, 6.45) is 0. The van der Waals surface area contributed by atoms with Crippen LogP contribution in [-0.4, -0.2) is 16.2 Å². The molecule has 0 unspecified atom stereocenters. The van der Waals surface area contributed by atoms with Gasteiger partial charge in [0.1, 0.15) is 11.2 Å². The summed E-state index contributed by atoms with van der Waals surface area (Å²) in [5.74, 6) is 0.935. The van der Waals surface area contributed by atoms with Crippen molar-refractivity contribution in [3.05, 3.63) is 12.1 Å². The van der Waals surface area contributed by atoms with Crippen LogP contribution in [0.15, 0.2) is 12.1 Å². The molecule has 0 aromatic carbocycles. The second-order valence-corrected chi connectivity index (χ2v) is 5.97. The van der Waals surface area contributed by atoms with E-state index in [4.69, 9.17) is 15.2 Å². The first-order chi connectivity index (χ1) is 7.57. The lowest BCUT2D eigenvalue weighted by molar-refractivity contribution is 0.109. The molecule has 0 aliphatic carbocycles. The number of hydrogen-bond donors (Lipinski definition) is 1. The van der Waals surface area contributed by atoms with Gasteiger partial charge < -0.3 is 15.2 Å². The highest BCUT2D eigenvalue weighted by Crippen LogP contribution is 2.27. The summed E-state index contributed by atoms with van der Waals surface area (Å²) in [6.45, 7) is 11.8. The van der Waals surface area contributed by atoms with Gasteiger partial charge in [0.15, 0.2) is 0 Å².